The zero-order chi connectivity index (χ0) is 8.53. The third kappa shape index (κ3) is 8.73. The molecule has 0 aromatic heterocycles. The summed E-state index contributed by atoms with van der Waals surface area (Å²) in [6.45, 7) is 3.30. The molecular weight excluding hydrogens is 140 g/mol. The van der Waals surface area contributed by atoms with Crippen molar-refractivity contribution in [1.29, 1.82) is 0 Å². The Morgan fingerprint density at radius 3 is 2.91 bits per heavy atom. The van der Waals surface area contributed by atoms with E-state index < -0.39 is 0 Å². The summed E-state index contributed by atoms with van der Waals surface area (Å²) >= 11 is 0. The minimum absolute atomic E-state index is 0.322. The molecule has 0 aromatic rings. The third-order valence-electron chi connectivity index (χ3n) is 0.900. The van der Waals surface area contributed by atoms with Gasteiger partial charge in [-0.25, -0.2) is 0 Å². The van der Waals surface area contributed by atoms with Gasteiger partial charge in [-0.2, -0.15) is 0 Å². The van der Waals surface area contributed by atoms with Crippen molar-refractivity contribution in [2.45, 2.75) is 20.3 Å². The van der Waals surface area contributed by atoms with Crippen LogP contribution >= 0.6 is 0 Å². The quantitative estimate of drug-likeness (QED) is 0.268. The van der Waals surface area contributed by atoms with Crippen LogP contribution in [-0.4, -0.2) is 5.97 Å². The molecule has 0 spiro atoms. The smallest absolute Gasteiger partial charge is 0.308 e. The SMILES string of the molecule is CC=CCC=C=COC(C)=O. The number of carbonyl (C=O) groups excluding carboxylic acids is 1. The summed E-state index contributed by atoms with van der Waals surface area (Å²) in [5.41, 5.74) is 2.71. The van der Waals surface area contributed by atoms with Crippen molar-refractivity contribution in [1.82, 2.24) is 0 Å². The summed E-state index contributed by atoms with van der Waals surface area (Å²) in [4.78, 5) is 10.2. The number of allylic oxidation sites excluding steroid dienone is 3. The lowest BCUT2D eigenvalue weighted by Gasteiger charge is -1.84. The van der Waals surface area contributed by atoms with E-state index in [1.54, 1.807) is 6.08 Å². The molecule has 0 radical (unpaired) electrons. The highest BCUT2D eigenvalue weighted by molar-refractivity contribution is 5.66. The first-order valence-electron chi connectivity index (χ1n) is 3.45. The first-order valence-corrected chi connectivity index (χ1v) is 3.45. The van der Waals surface area contributed by atoms with Crippen LogP contribution < -0.4 is 0 Å². The number of carbonyl (C=O) groups is 1. The van der Waals surface area contributed by atoms with Gasteiger partial charge < -0.3 is 4.74 Å². The van der Waals surface area contributed by atoms with Crippen LogP contribution in [0.1, 0.15) is 20.3 Å². The van der Waals surface area contributed by atoms with Crippen LogP contribution in [0.15, 0.2) is 30.2 Å². The molecule has 0 aliphatic heterocycles. The van der Waals surface area contributed by atoms with Crippen LogP contribution in [-0.2, 0) is 9.53 Å². The fraction of sp³-hybridized carbons (Fsp3) is 0.333. The second-order valence-corrected chi connectivity index (χ2v) is 1.90. The molecule has 0 heterocycles. The Kier molecular flexibility index (Phi) is 6.05. The van der Waals surface area contributed by atoms with Gasteiger partial charge in [0.05, 0.1) is 0 Å². The number of ether oxygens (including phenoxy) is 1. The van der Waals surface area contributed by atoms with E-state index in [-0.39, 0.29) is 5.97 Å². The van der Waals surface area contributed by atoms with Gasteiger partial charge in [-0.1, -0.05) is 17.9 Å². The van der Waals surface area contributed by atoms with E-state index in [1.807, 2.05) is 19.1 Å². The van der Waals surface area contributed by atoms with E-state index in [9.17, 15) is 4.79 Å². The number of hydrogen-bond acceptors (Lipinski definition) is 2. The standard InChI is InChI=1S/C9H12O2/c1-3-4-5-6-7-8-11-9(2)10/h3-4,6,8H,5H2,1-2H3. The van der Waals surface area contributed by atoms with Gasteiger partial charge in [-0.3, -0.25) is 4.79 Å². The van der Waals surface area contributed by atoms with Crippen molar-refractivity contribution in [3.05, 3.63) is 30.2 Å². The molecule has 2 nitrogen and oxygen atoms in total. The Hall–Kier alpha value is -1.27. The lowest BCUT2D eigenvalue weighted by Crippen LogP contribution is -1.88. The highest BCUT2D eigenvalue weighted by Crippen LogP contribution is 1.83. The molecule has 11 heavy (non-hydrogen) atoms. The van der Waals surface area contributed by atoms with Gasteiger partial charge in [-0.05, 0) is 19.4 Å². The maximum Gasteiger partial charge on any atom is 0.308 e. The number of esters is 1. The molecule has 0 fully saturated rings. The predicted octanol–water partition coefficient (Wildman–Crippen LogP) is 2.18. The molecule has 2 heteroatoms. The molecule has 0 bridgehead atoms. The van der Waals surface area contributed by atoms with Crippen molar-refractivity contribution in [3.63, 3.8) is 0 Å². The topological polar surface area (TPSA) is 26.3 Å². The summed E-state index contributed by atoms with van der Waals surface area (Å²) < 4.78 is 4.49. The fourth-order valence-electron chi connectivity index (χ4n) is 0.437. The average molecular weight is 152 g/mol. The van der Waals surface area contributed by atoms with E-state index in [0.717, 1.165) is 6.42 Å². The van der Waals surface area contributed by atoms with Crippen LogP contribution in [0.2, 0.25) is 0 Å². The highest BCUT2D eigenvalue weighted by atomic mass is 16.5. The first kappa shape index (κ1) is 9.73. The summed E-state index contributed by atoms with van der Waals surface area (Å²) in [5, 5.41) is 0. The van der Waals surface area contributed by atoms with E-state index in [4.69, 9.17) is 0 Å². The molecule has 0 N–H and O–H groups in total. The minimum atomic E-state index is -0.322. The molecule has 0 saturated heterocycles. The van der Waals surface area contributed by atoms with Crippen LogP contribution in [0, 0.1) is 0 Å². The van der Waals surface area contributed by atoms with Crippen LogP contribution in [0.3, 0.4) is 0 Å². The maximum atomic E-state index is 10.2. The van der Waals surface area contributed by atoms with Gasteiger partial charge in [0.25, 0.3) is 0 Å². The number of hydrogen-bond donors (Lipinski definition) is 0. The Morgan fingerprint density at radius 1 is 1.64 bits per heavy atom. The third-order valence-corrected chi connectivity index (χ3v) is 0.900. The van der Waals surface area contributed by atoms with Crippen LogP contribution in [0.25, 0.3) is 0 Å². The predicted molar refractivity (Wildman–Crippen MR) is 43.9 cm³/mol. The van der Waals surface area contributed by atoms with Crippen molar-refractivity contribution in [2.24, 2.45) is 0 Å². The van der Waals surface area contributed by atoms with Crippen LogP contribution in [0.5, 0.6) is 0 Å². The van der Waals surface area contributed by atoms with Crippen molar-refractivity contribution in [3.8, 4) is 0 Å². The maximum absolute atomic E-state index is 10.2. The van der Waals surface area contributed by atoms with Gasteiger partial charge in [0.15, 0.2) is 0 Å². The monoisotopic (exact) mass is 152 g/mol. The molecule has 0 aliphatic carbocycles. The average Bonchev–Trinajstić information content (AvgIpc) is 1.96. The van der Waals surface area contributed by atoms with Crippen LogP contribution in [0.4, 0.5) is 0 Å². The van der Waals surface area contributed by atoms with Gasteiger partial charge in [0.2, 0.25) is 0 Å². The minimum Gasteiger partial charge on any atom is -0.426 e. The van der Waals surface area contributed by atoms with E-state index in [0.29, 0.717) is 0 Å². The molecule has 0 aliphatic rings. The summed E-state index contributed by atoms with van der Waals surface area (Å²) in [7, 11) is 0. The second-order valence-electron chi connectivity index (χ2n) is 1.90. The first-order chi connectivity index (χ1) is 5.27. The highest BCUT2D eigenvalue weighted by Gasteiger charge is 1.81. The van der Waals surface area contributed by atoms with Crippen molar-refractivity contribution < 1.29 is 9.53 Å². The molecule has 0 rings (SSSR count). The second kappa shape index (κ2) is 6.84. The Balaban J connectivity index is 3.55. The van der Waals surface area contributed by atoms with E-state index >= 15 is 0 Å². The lowest BCUT2D eigenvalue weighted by molar-refractivity contribution is -0.135. The summed E-state index contributed by atoms with van der Waals surface area (Å²) in [6, 6.07) is 0. The lowest BCUT2D eigenvalue weighted by atomic mass is 10.4. The van der Waals surface area contributed by atoms with Crippen molar-refractivity contribution >= 4 is 5.97 Å². The molecule has 60 valence electrons. The molecule has 0 atom stereocenters. The van der Waals surface area contributed by atoms with E-state index in [2.05, 4.69) is 10.5 Å². The molecular formula is C9H12O2. The normalized spacial score (nSPS) is 8.91. The summed E-state index contributed by atoms with van der Waals surface area (Å²) in [5.74, 6) is -0.322. The van der Waals surface area contributed by atoms with Gasteiger partial charge >= 0.3 is 5.97 Å². The molecule has 0 amide bonds. The Bertz CT molecular complexity index is 196. The number of rotatable bonds is 3. The van der Waals surface area contributed by atoms with Gasteiger partial charge in [0, 0.05) is 6.92 Å². The zero-order valence-corrected chi connectivity index (χ0v) is 6.83. The molecule has 0 aromatic carbocycles. The Morgan fingerprint density at radius 2 is 2.36 bits per heavy atom. The molecule has 0 unspecified atom stereocenters. The van der Waals surface area contributed by atoms with Crippen molar-refractivity contribution in [2.75, 3.05) is 0 Å². The Labute approximate surface area is 66.9 Å². The largest absolute Gasteiger partial charge is 0.426 e. The van der Waals surface area contributed by atoms with Gasteiger partial charge in [0.1, 0.15) is 6.26 Å². The van der Waals surface area contributed by atoms with Gasteiger partial charge in [-0.15, -0.1) is 0 Å². The van der Waals surface area contributed by atoms with E-state index in [1.165, 1.54) is 13.2 Å². The zero-order valence-electron chi connectivity index (χ0n) is 6.83. The summed E-state index contributed by atoms with van der Waals surface area (Å²) in [6.07, 6.45) is 7.78. The molecule has 0 saturated carbocycles. The fourth-order valence-corrected chi connectivity index (χ4v) is 0.437.